The van der Waals surface area contributed by atoms with Gasteiger partial charge in [0, 0.05) is 16.3 Å². The molecule has 1 heterocycles. The molecule has 0 aromatic heterocycles. The number of thioether (sulfide) groups is 1. The zero-order valence-corrected chi connectivity index (χ0v) is 11.7. The molecule has 2 rings (SSSR count). The van der Waals surface area contributed by atoms with Gasteiger partial charge in [-0.05, 0) is 36.8 Å². The lowest BCUT2D eigenvalue weighted by Gasteiger charge is -2.24. The lowest BCUT2D eigenvalue weighted by atomic mass is 10.1. The molecular weight excluding hydrogens is 286 g/mol. The van der Waals surface area contributed by atoms with E-state index in [1.54, 1.807) is 7.11 Å². The van der Waals surface area contributed by atoms with Crippen LogP contribution in [0.25, 0.3) is 0 Å². The number of benzene rings is 1. The van der Waals surface area contributed by atoms with E-state index in [1.165, 1.54) is 24.3 Å². The van der Waals surface area contributed by atoms with Crippen molar-refractivity contribution < 1.29 is 4.74 Å². The molecule has 0 saturated carbocycles. The van der Waals surface area contributed by atoms with Crippen LogP contribution in [0.4, 0.5) is 5.69 Å². The third-order valence-electron chi connectivity index (χ3n) is 2.68. The number of anilines is 1. The third-order valence-corrected chi connectivity index (χ3v) is 4.39. The molecule has 1 fully saturated rings. The standard InChI is InChI=1S/C12H16BrNOS/c1-15-12-5-4-9(13)7-11(12)14-10-3-2-6-16-8-10/h4-5,7,10,14H,2-3,6,8H2,1H3. The van der Waals surface area contributed by atoms with Crippen LogP contribution in [-0.4, -0.2) is 24.7 Å². The molecule has 16 heavy (non-hydrogen) atoms. The predicted octanol–water partition coefficient (Wildman–Crippen LogP) is 3.77. The van der Waals surface area contributed by atoms with Crippen molar-refractivity contribution in [2.24, 2.45) is 0 Å². The second-order valence-corrected chi connectivity index (χ2v) is 5.97. The predicted molar refractivity (Wildman–Crippen MR) is 74.7 cm³/mol. The molecular formula is C12H16BrNOS. The van der Waals surface area contributed by atoms with Gasteiger partial charge in [0.15, 0.2) is 0 Å². The molecule has 88 valence electrons. The Morgan fingerprint density at radius 3 is 3.06 bits per heavy atom. The summed E-state index contributed by atoms with van der Waals surface area (Å²) in [6.45, 7) is 0. The molecule has 0 spiro atoms. The lowest BCUT2D eigenvalue weighted by Crippen LogP contribution is -2.25. The van der Waals surface area contributed by atoms with E-state index < -0.39 is 0 Å². The summed E-state index contributed by atoms with van der Waals surface area (Å²) in [7, 11) is 1.71. The average molecular weight is 302 g/mol. The molecule has 1 unspecified atom stereocenters. The van der Waals surface area contributed by atoms with Gasteiger partial charge in [-0.1, -0.05) is 15.9 Å². The molecule has 1 aliphatic rings. The van der Waals surface area contributed by atoms with Crippen LogP contribution in [0.2, 0.25) is 0 Å². The fourth-order valence-corrected chi connectivity index (χ4v) is 3.30. The van der Waals surface area contributed by atoms with Crippen molar-refractivity contribution in [3.05, 3.63) is 22.7 Å². The summed E-state index contributed by atoms with van der Waals surface area (Å²) >= 11 is 5.51. The Kier molecular flexibility index (Phi) is 4.41. The molecule has 0 radical (unpaired) electrons. The average Bonchev–Trinajstić information content (AvgIpc) is 2.31. The Bertz CT molecular complexity index is 353. The fraction of sp³-hybridized carbons (Fsp3) is 0.500. The molecule has 1 N–H and O–H groups in total. The van der Waals surface area contributed by atoms with Gasteiger partial charge in [-0.25, -0.2) is 0 Å². The largest absolute Gasteiger partial charge is 0.495 e. The number of ether oxygens (including phenoxy) is 1. The minimum atomic E-state index is 0.571. The molecule has 1 atom stereocenters. The third kappa shape index (κ3) is 3.08. The smallest absolute Gasteiger partial charge is 0.142 e. The molecule has 1 aromatic carbocycles. The van der Waals surface area contributed by atoms with E-state index in [2.05, 4.69) is 27.3 Å². The first-order chi connectivity index (χ1) is 7.79. The van der Waals surface area contributed by atoms with Gasteiger partial charge < -0.3 is 10.1 Å². The summed E-state index contributed by atoms with van der Waals surface area (Å²) in [5.74, 6) is 3.41. The Balaban J connectivity index is 2.09. The molecule has 1 aromatic rings. The van der Waals surface area contributed by atoms with Crippen molar-refractivity contribution in [2.45, 2.75) is 18.9 Å². The Labute approximate surface area is 109 Å². The van der Waals surface area contributed by atoms with Crippen molar-refractivity contribution in [2.75, 3.05) is 23.9 Å². The van der Waals surface area contributed by atoms with Crippen molar-refractivity contribution >= 4 is 33.4 Å². The van der Waals surface area contributed by atoms with E-state index in [0.717, 1.165) is 15.9 Å². The maximum atomic E-state index is 5.35. The van der Waals surface area contributed by atoms with Crippen LogP contribution in [-0.2, 0) is 0 Å². The minimum Gasteiger partial charge on any atom is -0.495 e. The van der Waals surface area contributed by atoms with Gasteiger partial charge in [-0.15, -0.1) is 0 Å². The van der Waals surface area contributed by atoms with Crippen LogP contribution in [0, 0.1) is 0 Å². The number of rotatable bonds is 3. The van der Waals surface area contributed by atoms with Gasteiger partial charge in [-0.3, -0.25) is 0 Å². The molecule has 2 nitrogen and oxygen atoms in total. The number of methoxy groups -OCH3 is 1. The second-order valence-electron chi connectivity index (χ2n) is 3.90. The number of halogens is 1. The van der Waals surface area contributed by atoms with E-state index in [0.29, 0.717) is 6.04 Å². The highest BCUT2D eigenvalue weighted by Gasteiger charge is 2.15. The normalized spacial score (nSPS) is 20.5. The number of nitrogens with one attached hydrogen (secondary N) is 1. The summed E-state index contributed by atoms with van der Waals surface area (Å²) < 4.78 is 6.43. The highest BCUT2D eigenvalue weighted by Crippen LogP contribution is 2.30. The van der Waals surface area contributed by atoms with Crippen molar-refractivity contribution in [3.63, 3.8) is 0 Å². The molecule has 0 bridgehead atoms. The monoisotopic (exact) mass is 301 g/mol. The zero-order chi connectivity index (χ0) is 11.4. The summed E-state index contributed by atoms with van der Waals surface area (Å²) in [6, 6.07) is 6.64. The van der Waals surface area contributed by atoms with Gasteiger partial charge in [0.05, 0.1) is 12.8 Å². The van der Waals surface area contributed by atoms with Crippen LogP contribution in [0.15, 0.2) is 22.7 Å². The van der Waals surface area contributed by atoms with E-state index >= 15 is 0 Å². The van der Waals surface area contributed by atoms with Gasteiger partial charge in [0.1, 0.15) is 5.75 Å². The highest BCUT2D eigenvalue weighted by atomic mass is 79.9. The van der Waals surface area contributed by atoms with Crippen molar-refractivity contribution in [1.82, 2.24) is 0 Å². The first-order valence-electron chi connectivity index (χ1n) is 5.47. The van der Waals surface area contributed by atoms with Crippen LogP contribution in [0.5, 0.6) is 5.75 Å². The van der Waals surface area contributed by atoms with Gasteiger partial charge in [-0.2, -0.15) is 11.8 Å². The molecule has 0 amide bonds. The second kappa shape index (κ2) is 5.82. The van der Waals surface area contributed by atoms with E-state index in [9.17, 15) is 0 Å². The maximum absolute atomic E-state index is 5.35. The van der Waals surface area contributed by atoms with Crippen LogP contribution in [0.1, 0.15) is 12.8 Å². The topological polar surface area (TPSA) is 21.3 Å². The summed E-state index contributed by atoms with van der Waals surface area (Å²) in [5, 5.41) is 3.57. The zero-order valence-electron chi connectivity index (χ0n) is 9.33. The maximum Gasteiger partial charge on any atom is 0.142 e. The molecule has 4 heteroatoms. The lowest BCUT2D eigenvalue weighted by molar-refractivity contribution is 0.416. The van der Waals surface area contributed by atoms with Gasteiger partial charge in [0.25, 0.3) is 0 Å². The Hall–Kier alpha value is -0.350. The molecule has 0 aliphatic carbocycles. The summed E-state index contributed by atoms with van der Waals surface area (Å²) in [6.07, 6.45) is 2.56. The van der Waals surface area contributed by atoms with E-state index in [1.807, 2.05) is 23.9 Å². The van der Waals surface area contributed by atoms with Crippen molar-refractivity contribution in [3.8, 4) is 5.75 Å². The quantitative estimate of drug-likeness (QED) is 0.918. The van der Waals surface area contributed by atoms with E-state index in [4.69, 9.17) is 4.74 Å². The summed E-state index contributed by atoms with van der Waals surface area (Å²) in [5.41, 5.74) is 1.09. The molecule has 1 saturated heterocycles. The Morgan fingerprint density at radius 1 is 1.50 bits per heavy atom. The number of hydrogen-bond acceptors (Lipinski definition) is 3. The van der Waals surface area contributed by atoms with Crippen LogP contribution >= 0.6 is 27.7 Å². The van der Waals surface area contributed by atoms with Crippen molar-refractivity contribution in [1.29, 1.82) is 0 Å². The van der Waals surface area contributed by atoms with Crippen LogP contribution in [0.3, 0.4) is 0 Å². The van der Waals surface area contributed by atoms with E-state index in [-0.39, 0.29) is 0 Å². The fourth-order valence-electron chi connectivity index (χ4n) is 1.87. The number of hydrogen-bond donors (Lipinski definition) is 1. The SMILES string of the molecule is COc1ccc(Br)cc1NC1CCCSC1. The Morgan fingerprint density at radius 2 is 2.38 bits per heavy atom. The van der Waals surface area contributed by atoms with Crippen LogP contribution < -0.4 is 10.1 Å². The summed E-state index contributed by atoms with van der Waals surface area (Å²) in [4.78, 5) is 0. The highest BCUT2D eigenvalue weighted by molar-refractivity contribution is 9.10. The first-order valence-corrected chi connectivity index (χ1v) is 7.42. The minimum absolute atomic E-state index is 0.571. The van der Waals surface area contributed by atoms with Gasteiger partial charge >= 0.3 is 0 Å². The first kappa shape index (κ1) is 12.1. The van der Waals surface area contributed by atoms with Gasteiger partial charge in [0.2, 0.25) is 0 Å². The molecule has 1 aliphatic heterocycles.